The maximum Gasteiger partial charge on any atom is 0.170 e. The van der Waals surface area contributed by atoms with Crippen LogP contribution >= 0.6 is 0 Å². The zero-order chi connectivity index (χ0) is 14.8. The van der Waals surface area contributed by atoms with Crippen LogP contribution in [-0.4, -0.2) is 20.0 Å². The molecule has 1 aliphatic carbocycles. The third-order valence-electron chi connectivity index (χ3n) is 4.12. The Labute approximate surface area is 124 Å². The Kier molecular flexibility index (Phi) is 3.65. The summed E-state index contributed by atoms with van der Waals surface area (Å²) in [5.74, 6) is 1.48. The van der Waals surface area contributed by atoms with Gasteiger partial charge in [0.2, 0.25) is 0 Å². The van der Waals surface area contributed by atoms with Gasteiger partial charge in [-0.3, -0.25) is 4.79 Å². The summed E-state index contributed by atoms with van der Waals surface area (Å²) in [6, 6.07) is 13.6. The third-order valence-corrected chi connectivity index (χ3v) is 4.12. The summed E-state index contributed by atoms with van der Waals surface area (Å²) in [7, 11) is 3.23. The Hall–Kier alpha value is -2.29. The third kappa shape index (κ3) is 2.29. The maximum absolute atomic E-state index is 12.8. The minimum absolute atomic E-state index is 0.0585. The predicted octanol–water partition coefficient (Wildman–Crippen LogP) is 3.62. The van der Waals surface area contributed by atoms with Gasteiger partial charge in [-0.15, -0.1) is 0 Å². The number of hydrogen-bond acceptors (Lipinski definition) is 3. The summed E-state index contributed by atoms with van der Waals surface area (Å²) >= 11 is 0. The van der Waals surface area contributed by atoms with E-state index in [1.807, 2.05) is 42.5 Å². The van der Waals surface area contributed by atoms with Gasteiger partial charge in [-0.1, -0.05) is 30.3 Å². The van der Waals surface area contributed by atoms with Crippen molar-refractivity contribution in [2.75, 3.05) is 14.2 Å². The molecule has 108 valence electrons. The number of ether oxygens (including phenoxy) is 2. The van der Waals surface area contributed by atoms with E-state index in [0.717, 1.165) is 29.5 Å². The summed E-state index contributed by atoms with van der Waals surface area (Å²) in [6.07, 6.45) is 1.63. The molecule has 1 atom stereocenters. The number of ketones is 1. The second-order valence-electron chi connectivity index (χ2n) is 5.19. The van der Waals surface area contributed by atoms with Crippen LogP contribution in [-0.2, 0) is 6.42 Å². The summed E-state index contributed by atoms with van der Waals surface area (Å²) in [6.45, 7) is 0. The molecule has 0 N–H and O–H groups in total. The second-order valence-corrected chi connectivity index (χ2v) is 5.19. The van der Waals surface area contributed by atoms with E-state index in [9.17, 15) is 4.79 Å². The van der Waals surface area contributed by atoms with Gasteiger partial charge in [0.05, 0.1) is 14.2 Å². The molecule has 0 aromatic heterocycles. The molecule has 0 radical (unpaired) electrons. The van der Waals surface area contributed by atoms with Crippen molar-refractivity contribution in [3.05, 3.63) is 59.2 Å². The van der Waals surface area contributed by atoms with Crippen molar-refractivity contribution >= 4 is 5.78 Å². The number of benzene rings is 2. The van der Waals surface area contributed by atoms with Crippen molar-refractivity contribution in [1.29, 1.82) is 0 Å². The van der Waals surface area contributed by atoms with Crippen LogP contribution in [0.5, 0.6) is 11.5 Å². The number of carbonyl (C=O) groups excluding carboxylic acids is 1. The molecule has 0 fully saturated rings. The second kappa shape index (κ2) is 5.60. The van der Waals surface area contributed by atoms with E-state index in [4.69, 9.17) is 9.47 Å². The zero-order valence-electron chi connectivity index (χ0n) is 12.3. The minimum Gasteiger partial charge on any atom is -0.493 e. The standard InChI is InChI=1S/C18H18O3/c1-20-16-11-10-14-15(18(16)21-2)9-8-13(17(14)19)12-6-4-3-5-7-12/h3-7,10-11,13H,8-9H2,1-2H3/t13-/m0/s1. The fraction of sp³-hybridized carbons (Fsp3) is 0.278. The van der Waals surface area contributed by atoms with Gasteiger partial charge >= 0.3 is 0 Å². The van der Waals surface area contributed by atoms with Crippen LogP contribution in [0, 0.1) is 0 Å². The average Bonchev–Trinajstić information content (AvgIpc) is 2.55. The van der Waals surface area contributed by atoms with Gasteiger partial charge in [-0.2, -0.15) is 0 Å². The molecule has 0 spiro atoms. The van der Waals surface area contributed by atoms with Crippen LogP contribution in [0.4, 0.5) is 0 Å². The Bertz CT molecular complexity index is 662. The van der Waals surface area contributed by atoms with E-state index in [-0.39, 0.29) is 11.7 Å². The molecule has 0 amide bonds. The van der Waals surface area contributed by atoms with E-state index in [1.165, 1.54) is 0 Å². The highest BCUT2D eigenvalue weighted by Gasteiger charge is 2.31. The summed E-state index contributed by atoms with van der Waals surface area (Å²) in [4.78, 5) is 12.8. The zero-order valence-corrected chi connectivity index (χ0v) is 12.3. The van der Waals surface area contributed by atoms with E-state index in [1.54, 1.807) is 14.2 Å². The maximum atomic E-state index is 12.8. The first kappa shape index (κ1) is 13.7. The highest BCUT2D eigenvalue weighted by atomic mass is 16.5. The Balaban J connectivity index is 2.03. The van der Waals surface area contributed by atoms with Crippen LogP contribution in [0.15, 0.2) is 42.5 Å². The number of carbonyl (C=O) groups is 1. The molecule has 2 aromatic carbocycles. The Morgan fingerprint density at radius 1 is 1.00 bits per heavy atom. The monoisotopic (exact) mass is 282 g/mol. The van der Waals surface area contributed by atoms with Crippen LogP contribution < -0.4 is 9.47 Å². The average molecular weight is 282 g/mol. The topological polar surface area (TPSA) is 35.5 Å². The largest absolute Gasteiger partial charge is 0.493 e. The lowest BCUT2D eigenvalue weighted by Gasteiger charge is -2.26. The molecule has 1 aliphatic rings. The molecule has 2 aromatic rings. The molecule has 21 heavy (non-hydrogen) atoms. The minimum atomic E-state index is -0.0585. The smallest absolute Gasteiger partial charge is 0.170 e. The number of methoxy groups -OCH3 is 2. The molecule has 0 bridgehead atoms. The van der Waals surface area contributed by atoms with Crippen molar-refractivity contribution in [2.24, 2.45) is 0 Å². The Morgan fingerprint density at radius 3 is 2.43 bits per heavy atom. The quantitative estimate of drug-likeness (QED) is 0.862. The van der Waals surface area contributed by atoms with Crippen molar-refractivity contribution in [1.82, 2.24) is 0 Å². The number of fused-ring (bicyclic) bond motifs is 1. The van der Waals surface area contributed by atoms with E-state index >= 15 is 0 Å². The predicted molar refractivity (Wildman–Crippen MR) is 81.4 cm³/mol. The molecule has 0 saturated carbocycles. The van der Waals surface area contributed by atoms with Crippen LogP contribution in [0.2, 0.25) is 0 Å². The van der Waals surface area contributed by atoms with Crippen LogP contribution in [0.25, 0.3) is 0 Å². The molecular formula is C18H18O3. The van der Waals surface area contributed by atoms with Crippen molar-refractivity contribution in [2.45, 2.75) is 18.8 Å². The summed E-state index contributed by atoms with van der Waals surface area (Å²) in [5, 5.41) is 0. The lowest BCUT2D eigenvalue weighted by molar-refractivity contribution is 0.0945. The number of hydrogen-bond donors (Lipinski definition) is 0. The van der Waals surface area contributed by atoms with Gasteiger partial charge in [0.1, 0.15) is 0 Å². The molecule has 0 aliphatic heterocycles. The first-order valence-electron chi connectivity index (χ1n) is 7.09. The molecule has 3 nitrogen and oxygen atoms in total. The van der Waals surface area contributed by atoms with E-state index in [2.05, 4.69) is 0 Å². The van der Waals surface area contributed by atoms with Crippen LogP contribution in [0.1, 0.15) is 33.8 Å². The lowest BCUT2D eigenvalue weighted by Crippen LogP contribution is -2.21. The van der Waals surface area contributed by atoms with E-state index < -0.39 is 0 Å². The number of Topliss-reactive ketones (excluding diaryl/α,β-unsaturated/α-hetero) is 1. The highest BCUT2D eigenvalue weighted by molar-refractivity contribution is 6.04. The van der Waals surface area contributed by atoms with Gasteiger partial charge in [0.15, 0.2) is 17.3 Å². The molecule has 3 rings (SSSR count). The van der Waals surface area contributed by atoms with E-state index in [0.29, 0.717) is 11.5 Å². The van der Waals surface area contributed by atoms with Crippen molar-refractivity contribution in [3.8, 4) is 11.5 Å². The fourth-order valence-corrected chi connectivity index (χ4v) is 3.08. The van der Waals surface area contributed by atoms with Gasteiger partial charge < -0.3 is 9.47 Å². The lowest BCUT2D eigenvalue weighted by atomic mass is 9.78. The van der Waals surface area contributed by atoms with Crippen molar-refractivity contribution in [3.63, 3.8) is 0 Å². The highest BCUT2D eigenvalue weighted by Crippen LogP contribution is 2.41. The molecule has 0 heterocycles. The SMILES string of the molecule is COc1ccc2c(c1OC)CC[C@@H](c1ccccc1)C2=O. The van der Waals surface area contributed by atoms with Gasteiger partial charge in [0.25, 0.3) is 0 Å². The summed E-state index contributed by atoms with van der Waals surface area (Å²) in [5.41, 5.74) is 2.81. The van der Waals surface area contributed by atoms with Gasteiger partial charge in [0, 0.05) is 17.0 Å². The number of rotatable bonds is 3. The van der Waals surface area contributed by atoms with Crippen LogP contribution in [0.3, 0.4) is 0 Å². The normalized spacial score (nSPS) is 17.2. The first-order chi connectivity index (χ1) is 10.3. The first-order valence-corrected chi connectivity index (χ1v) is 7.09. The van der Waals surface area contributed by atoms with Crippen molar-refractivity contribution < 1.29 is 14.3 Å². The summed E-state index contributed by atoms with van der Waals surface area (Å²) < 4.78 is 10.8. The molecule has 3 heteroatoms. The fourth-order valence-electron chi connectivity index (χ4n) is 3.08. The molecule has 0 saturated heterocycles. The molecule has 0 unspecified atom stereocenters. The van der Waals surface area contributed by atoms with Gasteiger partial charge in [-0.25, -0.2) is 0 Å². The molecular weight excluding hydrogens is 264 g/mol. The van der Waals surface area contributed by atoms with Gasteiger partial charge in [-0.05, 0) is 30.5 Å². The Morgan fingerprint density at radius 2 is 1.76 bits per heavy atom.